The third-order valence-electron chi connectivity index (χ3n) is 7.90. The van der Waals surface area contributed by atoms with Crippen molar-refractivity contribution in [3.05, 3.63) is 53.6 Å². The molecule has 2 aliphatic rings. The highest BCUT2D eigenvalue weighted by Crippen LogP contribution is 2.63. The van der Waals surface area contributed by atoms with Crippen molar-refractivity contribution >= 4 is 17.6 Å². The number of carboxylic acid groups (broad SMARTS) is 1. The van der Waals surface area contributed by atoms with Crippen molar-refractivity contribution in [3.8, 4) is 0 Å². The molecule has 2 N–H and O–H groups in total. The third-order valence-corrected chi connectivity index (χ3v) is 7.90. The summed E-state index contributed by atoms with van der Waals surface area (Å²) in [7, 11) is 0. The van der Waals surface area contributed by atoms with Gasteiger partial charge in [0.15, 0.2) is 5.60 Å². The molecule has 1 spiro atoms. The summed E-state index contributed by atoms with van der Waals surface area (Å²) in [6, 6.07) is 6.32. The van der Waals surface area contributed by atoms with Gasteiger partial charge in [-0.05, 0) is 53.5 Å². The molecule has 1 aromatic rings. The van der Waals surface area contributed by atoms with Gasteiger partial charge in [-0.1, -0.05) is 73.1 Å². The molecule has 3 atom stereocenters. The number of carboxylic acids is 1. The Morgan fingerprint density at radius 3 is 2.38 bits per heavy atom. The highest BCUT2D eigenvalue weighted by molar-refractivity contribution is 6.02. The first-order valence-electron chi connectivity index (χ1n) is 11.7. The number of epoxide rings is 1. The van der Waals surface area contributed by atoms with Crippen molar-refractivity contribution in [2.75, 3.05) is 5.32 Å². The van der Waals surface area contributed by atoms with Crippen LogP contribution < -0.4 is 5.32 Å². The Hall–Kier alpha value is -2.40. The number of carbonyl (C=O) groups is 2. The topological polar surface area (TPSA) is 78.9 Å². The quantitative estimate of drug-likeness (QED) is 0.471. The van der Waals surface area contributed by atoms with Gasteiger partial charge in [-0.15, -0.1) is 0 Å². The molecular weight excluding hydrogens is 402 g/mol. The molecule has 0 saturated carbocycles. The molecule has 5 nitrogen and oxygen atoms in total. The summed E-state index contributed by atoms with van der Waals surface area (Å²) in [5.41, 5.74) is 0.164. The lowest BCUT2D eigenvalue weighted by atomic mass is 9.61. The van der Waals surface area contributed by atoms with Gasteiger partial charge in [-0.3, -0.25) is 4.79 Å². The Bertz CT molecular complexity index is 974. The van der Waals surface area contributed by atoms with Gasteiger partial charge in [0.25, 0.3) is 5.91 Å². The zero-order valence-electron chi connectivity index (χ0n) is 20.4. The molecule has 1 aliphatic carbocycles. The molecule has 0 radical (unpaired) electrons. The minimum atomic E-state index is -1.03. The first-order valence-corrected chi connectivity index (χ1v) is 11.7. The van der Waals surface area contributed by atoms with E-state index in [9.17, 15) is 14.7 Å². The number of nitrogens with one attached hydrogen (secondary N) is 1. The van der Waals surface area contributed by atoms with Crippen LogP contribution in [0.25, 0.3) is 0 Å². The van der Waals surface area contributed by atoms with Crippen LogP contribution in [-0.4, -0.2) is 28.2 Å². The fraction of sp³-hybridized carbons (Fsp3) is 0.556. The summed E-state index contributed by atoms with van der Waals surface area (Å²) < 4.78 is 6.43. The third kappa shape index (κ3) is 3.81. The number of anilines is 1. The highest BCUT2D eigenvalue weighted by atomic mass is 16.6. The van der Waals surface area contributed by atoms with Crippen molar-refractivity contribution in [2.24, 2.45) is 16.7 Å². The molecule has 174 valence electrons. The summed E-state index contributed by atoms with van der Waals surface area (Å²) >= 11 is 0. The van der Waals surface area contributed by atoms with E-state index in [-0.39, 0.29) is 28.2 Å². The lowest BCUT2D eigenvalue weighted by Crippen LogP contribution is -2.46. The molecule has 1 amide bonds. The Morgan fingerprint density at radius 2 is 1.81 bits per heavy atom. The Kier molecular flexibility index (Phi) is 6.20. The van der Waals surface area contributed by atoms with E-state index in [2.05, 4.69) is 65.1 Å². The van der Waals surface area contributed by atoms with Gasteiger partial charge >= 0.3 is 5.97 Å². The monoisotopic (exact) mass is 439 g/mol. The van der Waals surface area contributed by atoms with E-state index < -0.39 is 17.2 Å². The molecule has 3 unspecified atom stereocenters. The van der Waals surface area contributed by atoms with Gasteiger partial charge in [0.2, 0.25) is 0 Å². The highest BCUT2D eigenvalue weighted by Gasteiger charge is 2.76. The average Bonchev–Trinajstić information content (AvgIpc) is 3.42. The predicted octanol–water partition coefficient (Wildman–Crippen LogP) is 6.23. The summed E-state index contributed by atoms with van der Waals surface area (Å²) in [6.07, 6.45) is 9.09. The second kappa shape index (κ2) is 8.18. The Balaban J connectivity index is 1.98. The second-order valence-electron chi connectivity index (χ2n) is 10.4. The van der Waals surface area contributed by atoms with E-state index in [1.54, 1.807) is 12.1 Å². The summed E-state index contributed by atoms with van der Waals surface area (Å²) in [5, 5.41) is 12.2. The van der Waals surface area contributed by atoms with E-state index in [0.29, 0.717) is 12.1 Å². The number of carbonyl (C=O) groups excluding carboxylic acids is 1. The molecule has 1 aromatic carbocycles. The number of aromatic carboxylic acids is 1. The zero-order chi connectivity index (χ0) is 23.9. The summed E-state index contributed by atoms with van der Waals surface area (Å²) in [6.45, 7) is 15.3. The molecular formula is C27H37NO4. The maximum Gasteiger partial charge on any atom is 0.335 e. The van der Waals surface area contributed by atoms with Crippen molar-refractivity contribution in [1.29, 1.82) is 0 Å². The van der Waals surface area contributed by atoms with Crippen molar-refractivity contribution in [1.82, 2.24) is 0 Å². The Labute approximate surface area is 191 Å². The first-order chi connectivity index (χ1) is 14.9. The van der Waals surface area contributed by atoms with Gasteiger partial charge in [-0.25, -0.2) is 4.79 Å². The maximum atomic E-state index is 13.5. The summed E-state index contributed by atoms with van der Waals surface area (Å²) in [4.78, 5) is 24.9. The van der Waals surface area contributed by atoms with Gasteiger partial charge in [0.05, 0.1) is 5.56 Å². The summed E-state index contributed by atoms with van der Waals surface area (Å²) in [5.74, 6) is -1.21. The molecule has 1 fully saturated rings. The predicted molar refractivity (Wildman–Crippen MR) is 128 cm³/mol. The number of hydrogen-bond acceptors (Lipinski definition) is 3. The van der Waals surface area contributed by atoms with Gasteiger partial charge in [0, 0.05) is 11.6 Å². The molecule has 0 aromatic heterocycles. The molecule has 5 heteroatoms. The molecule has 32 heavy (non-hydrogen) atoms. The van der Waals surface area contributed by atoms with Crippen LogP contribution in [0.3, 0.4) is 0 Å². The smallest absolute Gasteiger partial charge is 0.335 e. The molecule has 1 heterocycles. The van der Waals surface area contributed by atoms with E-state index in [1.165, 1.54) is 17.7 Å². The number of ether oxygens (including phenoxy) is 1. The molecule has 3 rings (SSSR count). The van der Waals surface area contributed by atoms with E-state index in [1.807, 2.05) is 6.92 Å². The van der Waals surface area contributed by atoms with Crippen molar-refractivity contribution in [2.45, 2.75) is 78.9 Å². The number of rotatable bonds is 8. The normalized spacial score (nSPS) is 27.2. The zero-order valence-corrected chi connectivity index (χ0v) is 20.4. The first kappa shape index (κ1) is 24.2. The fourth-order valence-electron chi connectivity index (χ4n) is 4.80. The van der Waals surface area contributed by atoms with E-state index in [4.69, 9.17) is 4.74 Å². The van der Waals surface area contributed by atoms with Crippen LogP contribution in [0.5, 0.6) is 0 Å². The number of benzene rings is 1. The lowest BCUT2D eigenvalue weighted by Gasteiger charge is -2.40. The molecule has 0 bridgehead atoms. The van der Waals surface area contributed by atoms with Gasteiger partial charge < -0.3 is 15.2 Å². The molecule has 1 saturated heterocycles. The van der Waals surface area contributed by atoms with Crippen LogP contribution in [-0.2, 0) is 9.53 Å². The van der Waals surface area contributed by atoms with Gasteiger partial charge in [-0.2, -0.15) is 0 Å². The largest absolute Gasteiger partial charge is 0.478 e. The lowest BCUT2D eigenvalue weighted by molar-refractivity contribution is -0.121. The van der Waals surface area contributed by atoms with Crippen LogP contribution in [0, 0.1) is 16.7 Å². The fourth-order valence-corrected chi connectivity index (χ4v) is 4.80. The SMILES string of the molecule is CCC(C)(C)C1=CC(C(C)(C)CC)C2(C=C1)OC2(CC)C(=O)Nc1cccc(C(=O)O)c1. The number of amides is 1. The van der Waals surface area contributed by atoms with Crippen molar-refractivity contribution < 1.29 is 19.4 Å². The second-order valence-corrected chi connectivity index (χ2v) is 10.4. The van der Waals surface area contributed by atoms with Crippen LogP contribution in [0.1, 0.15) is 78.1 Å². The van der Waals surface area contributed by atoms with Crippen molar-refractivity contribution in [3.63, 3.8) is 0 Å². The minimum absolute atomic E-state index is 0.0434. The van der Waals surface area contributed by atoms with Gasteiger partial charge in [0.1, 0.15) is 5.60 Å². The van der Waals surface area contributed by atoms with E-state index >= 15 is 0 Å². The number of hydrogen-bond donors (Lipinski definition) is 2. The van der Waals surface area contributed by atoms with E-state index in [0.717, 1.165) is 12.8 Å². The van der Waals surface area contributed by atoms with Crippen LogP contribution in [0.15, 0.2) is 48.1 Å². The maximum absolute atomic E-state index is 13.5. The number of allylic oxidation sites excluding steroid dienone is 2. The average molecular weight is 440 g/mol. The minimum Gasteiger partial charge on any atom is -0.478 e. The molecule has 1 aliphatic heterocycles. The standard InChI is InChI=1S/C27H37NO4/c1-8-24(4,5)19-14-15-27(21(17-19)25(6,7)9-2)26(10-3,32-27)23(31)28-20-13-11-12-18(16-20)22(29)30/h11-17,21H,8-10H2,1-7H3,(H,28,31)(H,29,30). The van der Waals surface area contributed by atoms with Crippen LogP contribution in [0.4, 0.5) is 5.69 Å². The van der Waals surface area contributed by atoms with Crippen LogP contribution >= 0.6 is 0 Å². The Morgan fingerprint density at radius 1 is 1.12 bits per heavy atom. The van der Waals surface area contributed by atoms with Crippen LogP contribution in [0.2, 0.25) is 0 Å².